The summed E-state index contributed by atoms with van der Waals surface area (Å²) < 4.78 is 5.47. The Labute approximate surface area is 133 Å². The van der Waals surface area contributed by atoms with Crippen molar-refractivity contribution < 1.29 is 4.74 Å². The lowest BCUT2D eigenvalue weighted by Crippen LogP contribution is -2.45. The van der Waals surface area contributed by atoms with Crippen LogP contribution in [-0.4, -0.2) is 18.4 Å². The first kappa shape index (κ1) is 16.7. The van der Waals surface area contributed by atoms with Crippen molar-refractivity contribution in [3.8, 4) is 5.75 Å². The monoisotopic (exact) mass is 308 g/mol. The molecule has 0 saturated heterocycles. The summed E-state index contributed by atoms with van der Waals surface area (Å²) in [5, 5.41) is 3.82. The van der Waals surface area contributed by atoms with Crippen LogP contribution in [0.25, 0.3) is 0 Å². The Morgan fingerprint density at radius 3 is 2.81 bits per heavy atom. The van der Waals surface area contributed by atoms with E-state index >= 15 is 0 Å². The Hall–Kier alpha value is -0.710. The van der Waals surface area contributed by atoms with Gasteiger partial charge in [0.25, 0.3) is 0 Å². The summed E-state index contributed by atoms with van der Waals surface area (Å²) >= 11 is 1.97. The number of hydrogen-bond acceptors (Lipinski definition) is 4. The number of benzene rings is 1. The molecule has 1 aromatic carbocycles. The highest BCUT2D eigenvalue weighted by molar-refractivity contribution is 7.99. The maximum Gasteiger partial charge on any atom is 0.123 e. The summed E-state index contributed by atoms with van der Waals surface area (Å²) in [6, 6.07) is 4.37. The number of unbranched alkanes of at least 4 members (excludes halogenated alkanes) is 1. The van der Waals surface area contributed by atoms with Crippen molar-refractivity contribution in [3.05, 3.63) is 23.3 Å². The highest BCUT2D eigenvalue weighted by Gasteiger charge is 2.30. The Balaban J connectivity index is 2.23. The maximum atomic E-state index is 5.84. The van der Waals surface area contributed by atoms with Gasteiger partial charge in [0.1, 0.15) is 5.75 Å². The number of rotatable bonds is 6. The zero-order valence-electron chi connectivity index (χ0n) is 13.5. The molecule has 3 N–H and O–H groups in total. The second-order valence-electron chi connectivity index (χ2n) is 5.86. The molecule has 4 heteroatoms. The van der Waals surface area contributed by atoms with Crippen LogP contribution in [0, 0.1) is 0 Å². The van der Waals surface area contributed by atoms with Gasteiger partial charge in [0.05, 0.1) is 7.11 Å². The van der Waals surface area contributed by atoms with Crippen molar-refractivity contribution in [1.82, 2.24) is 5.32 Å². The van der Waals surface area contributed by atoms with E-state index in [-0.39, 0.29) is 5.54 Å². The van der Waals surface area contributed by atoms with E-state index in [1.165, 1.54) is 36.1 Å². The minimum atomic E-state index is 0.260. The largest absolute Gasteiger partial charge is 0.496 e. The van der Waals surface area contributed by atoms with Crippen LogP contribution in [0.4, 0.5) is 0 Å². The summed E-state index contributed by atoms with van der Waals surface area (Å²) in [6.07, 6.45) is 4.97. The summed E-state index contributed by atoms with van der Waals surface area (Å²) in [6.45, 7) is 6.01. The first-order valence-electron chi connectivity index (χ1n) is 7.95. The van der Waals surface area contributed by atoms with Gasteiger partial charge in [-0.25, -0.2) is 0 Å². The molecule has 1 aliphatic rings. The summed E-state index contributed by atoms with van der Waals surface area (Å²) in [5.41, 5.74) is 8.53. The predicted molar refractivity (Wildman–Crippen MR) is 91.0 cm³/mol. The van der Waals surface area contributed by atoms with Gasteiger partial charge in [-0.05, 0) is 30.5 Å². The second kappa shape index (κ2) is 7.52. The molecule has 0 unspecified atom stereocenters. The lowest BCUT2D eigenvalue weighted by atomic mass is 9.91. The molecule has 0 fully saturated rings. The van der Waals surface area contributed by atoms with Gasteiger partial charge in [0.2, 0.25) is 0 Å². The van der Waals surface area contributed by atoms with E-state index in [2.05, 4.69) is 31.3 Å². The third-order valence-electron chi connectivity index (χ3n) is 4.53. The maximum absolute atomic E-state index is 5.84. The zero-order chi connectivity index (χ0) is 15.3. The van der Waals surface area contributed by atoms with Gasteiger partial charge >= 0.3 is 0 Å². The lowest BCUT2D eigenvalue weighted by molar-refractivity contribution is 0.317. The van der Waals surface area contributed by atoms with Crippen molar-refractivity contribution in [2.75, 3.05) is 12.9 Å². The molecule has 1 aromatic rings. The summed E-state index contributed by atoms with van der Waals surface area (Å²) in [4.78, 5) is 1.36. The number of ether oxygens (including phenoxy) is 1. The van der Waals surface area contributed by atoms with E-state index in [9.17, 15) is 0 Å². The SMILES string of the molecule is CCCC[C@]1(CC)CSc2cc(CN)c(OC)cc2CN1. The van der Waals surface area contributed by atoms with Crippen molar-refractivity contribution in [2.45, 2.75) is 63.1 Å². The van der Waals surface area contributed by atoms with Crippen LogP contribution < -0.4 is 15.8 Å². The van der Waals surface area contributed by atoms with Crippen molar-refractivity contribution in [3.63, 3.8) is 0 Å². The van der Waals surface area contributed by atoms with Crippen molar-refractivity contribution in [1.29, 1.82) is 0 Å². The molecule has 0 spiro atoms. The van der Waals surface area contributed by atoms with E-state index < -0.39 is 0 Å². The van der Waals surface area contributed by atoms with Gasteiger partial charge in [-0.1, -0.05) is 26.7 Å². The third kappa shape index (κ3) is 3.74. The number of nitrogens with two attached hydrogens (primary N) is 1. The Morgan fingerprint density at radius 1 is 1.38 bits per heavy atom. The van der Waals surface area contributed by atoms with E-state index in [4.69, 9.17) is 10.5 Å². The summed E-state index contributed by atoms with van der Waals surface area (Å²) in [7, 11) is 1.72. The minimum absolute atomic E-state index is 0.260. The number of methoxy groups -OCH3 is 1. The van der Waals surface area contributed by atoms with E-state index in [1.807, 2.05) is 11.8 Å². The molecule has 0 radical (unpaired) electrons. The van der Waals surface area contributed by atoms with Gasteiger partial charge in [-0.3, -0.25) is 0 Å². The molecule has 3 nitrogen and oxygen atoms in total. The van der Waals surface area contributed by atoms with E-state index in [0.717, 1.165) is 23.6 Å². The molecule has 0 aliphatic carbocycles. The van der Waals surface area contributed by atoms with Crippen LogP contribution >= 0.6 is 11.8 Å². The normalized spacial score (nSPS) is 21.7. The van der Waals surface area contributed by atoms with Crippen molar-refractivity contribution in [2.24, 2.45) is 5.73 Å². The standard InChI is InChI=1S/C17H28N2OS/c1-4-6-7-17(5-2)12-21-16-9-13(10-18)15(20-3)8-14(16)11-19-17/h8-9,19H,4-7,10-12,18H2,1-3H3/t17-/m1/s1. The quantitative estimate of drug-likeness (QED) is 0.841. The van der Waals surface area contributed by atoms with Gasteiger partial charge in [0, 0.05) is 34.8 Å². The molecule has 1 heterocycles. The minimum Gasteiger partial charge on any atom is -0.496 e. The topological polar surface area (TPSA) is 47.3 Å². The average Bonchev–Trinajstić information content (AvgIpc) is 2.71. The Kier molecular flexibility index (Phi) is 5.97. The molecule has 1 atom stereocenters. The van der Waals surface area contributed by atoms with Crippen LogP contribution in [0.1, 0.15) is 50.7 Å². The molecular weight excluding hydrogens is 280 g/mol. The molecule has 21 heavy (non-hydrogen) atoms. The molecular formula is C17H28N2OS. The number of thioether (sulfide) groups is 1. The van der Waals surface area contributed by atoms with Crippen LogP contribution in [0.5, 0.6) is 5.75 Å². The van der Waals surface area contributed by atoms with E-state index in [1.54, 1.807) is 7.11 Å². The lowest BCUT2D eigenvalue weighted by Gasteiger charge is -2.32. The molecule has 2 rings (SSSR count). The third-order valence-corrected chi connectivity index (χ3v) is 5.91. The van der Waals surface area contributed by atoms with E-state index in [0.29, 0.717) is 6.54 Å². The predicted octanol–water partition coefficient (Wildman–Crippen LogP) is 3.69. The Bertz CT molecular complexity index is 441. The van der Waals surface area contributed by atoms with Crippen LogP contribution in [0.15, 0.2) is 17.0 Å². The van der Waals surface area contributed by atoms with Gasteiger partial charge in [0.15, 0.2) is 0 Å². The van der Waals surface area contributed by atoms with Gasteiger partial charge in [-0.15, -0.1) is 11.8 Å². The first-order chi connectivity index (χ1) is 10.2. The fraction of sp³-hybridized carbons (Fsp3) is 0.647. The van der Waals surface area contributed by atoms with Crippen LogP contribution in [-0.2, 0) is 13.1 Å². The Morgan fingerprint density at radius 2 is 2.19 bits per heavy atom. The first-order valence-corrected chi connectivity index (χ1v) is 8.94. The van der Waals surface area contributed by atoms with Gasteiger partial charge < -0.3 is 15.8 Å². The molecule has 0 bridgehead atoms. The number of fused-ring (bicyclic) bond motifs is 1. The smallest absolute Gasteiger partial charge is 0.123 e. The fourth-order valence-corrected chi connectivity index (χ4v) is 4.32. The van der Waals surface area contributed by atoms with Gasteiger partial charge in [-0.2, -0.15) is 0 Å². The molecule has 0 aromatic heterocycles. The molecule has 118 valence electrons. The highest BCUT2D eigenvalue weighted by Crippen LogP contribution is 2.37. The molecule has 0 saturated carbocycles. The number of nitrogens with one attached hydrogen (secondary N) is 1. The molecule has 1 aliphatic heterocycles. The van der Waals surface area contributed by atoms with Crippen molar-refractivity contribution >= 4 is 11.8 Å². The highest BCUT2D eigenvalue weighted by atomic mass is 32.2. The van der Waals surface area contributed by atoms with Crippen LogP contribution in [0.2, 0.25) is 0 Å². The zero-order valence-corrected chi connectivity index (χ0v) is 14.3. The fourth-order valence-electron chi connectivity index (χ4n) is 2.90. The molecule has 0 amide bonds. The summed E-state index contributed by atoms with van der Waals surface area (Å²) in [5.74, 6) is 2.04. The van der Waals surface area contributed by atoms with Crippen LogP contribution in [0.3, 0.4) is 0 Å². The second-order valence-corrected chi connectivity index (χ2v) is 6.87. The number of hydrogen-bond donors (Lipinski definition) is 2. The average molecular weight is 308 g/mol.